The molecule has 2 aromatic rings. The molecule has 0 radical (unpaired) electrons. The molecule has 1 atom stereocenters. The van der Waals surface area contributed by atoms with E-state index in [0.29, 0.717) is 6.42 Å². The lowest BCUT2D eigenvalue weighted by Gasteiger charge is -2.33. The Kier molecular flexibility index (Phi) is 6.86. The van der Waals surface area contributed by atoms with E-state index in [-0.39, 0.29) is 12.3 Å². The van der Waals surface area contributed by atoms with Gasteiger partial charge in [0.2, 0.25) is 0 Å². The molecule has 0 spiro atoms. The number of urea groups is 1. The van der Waals surface area contributed by atoms with E-state index in [4.69, 9.17) is 4.74 Å². The summed E-state index contributed by atoms with van der Waals surface area (Å²) in [6.45, 7) is 0.0519. The topological polar surface area (TPSA) is 76.7 Å². The van der Waals surface area contributed by atoms with Gasteiger partial charge in [-0.05, 0) is 24.1 Å². The Hall–Kier alpha value is -3.23. The highest BCUT2D eigenvalue weighted by atomic mass is 19.4. The van der Waals surface area contributed by atoms with Crippen molar-refractivity contribution in [3.8, 4) is 5.75 Å². The number of methoxy groups -OCH3 is 1. The standard InChI is InChI=1S/C19H19F3N2O4/c1-27-16(25)18(19(20,21)22,28-15-10-6-3-7-11-15)24-17(26)23-13-12-14-8-4-2-5-9-14/h2-11H,12-13H2,1H3,(H2,23,24,26). The maximum absolute atomic E-state index is 13.8. The van der Waals surface area contributed by atoms with Crippen molar-refractivity contribution in [2.24, 2.45) is 0 Å². The van der Waals surface area contributed by atoms with Gasteiger partial charge in [-0.25, -0.2) is 9.59 Å². The van der Waals surface area contributed by atoms with Crippen molar-refractivity contribution >= 4 is 12.0 Å². The molecular formula is C19H19F3N2O4. The minimum Gasteiger partial charge on any atom is -0.464 e. The third kappa shape index (κ3) is 5.15. The number of para-hydroxylation sites is 1. The first kappa shape index (κ1) is 21.1. The third-order valence-corrected chi connectivity index (χ3v) is 3.72. The summed E-state index contributed by atoms with van der Waals surface area (Å²) in [5.41, 5.74) is -2.81. The van der Waals surface area contributed by atoms with Crippen molar-refractivity contribution in [3.05, 3.63) is 66.2 Å². The van der Waals surface area contributed by atoms with E-state index in [9.17, 15) is 22.8 Å². The predicted molar refractivity (Wildman–Crippen MR) is 94.6 cm³/mol. The number of halogens is 3. The number of benzene rings is 2. The molecule has 0 saturated heterocycles. The summed E-state index contributed by atoms with van der Waals surface area (Å²) in [6, 6.07) is 14.7. The van der Waals surface area contributed by atoms with E-state index in [1.54, 1.807) is 23.5 Å². The summed E-state index contributed by atoms with van der Waals surface area (Å²) in [5, 5.41) is 3.87. The van der Waals surface area contributed by atoms with Crippen LogP contribution in [0, 0.1) is 0 Å². The number of hydrogen-bond donors (Lipinski definition) is 2. The van der Waals surface area contributed by atoms with Gasteiger partial charge >= 0.3 is 23.9 Å². The van der Waals surface area contributed by atoms with Crippen LogP contribution in [0.3, 0.4) is 0 Å². The molecule has 0 saturated carbocycles. The van der Waals surface area contributed by atoms with Gasteiger partial charge in [0.05, 0.1) is 7.11 Å². The quantitative estimate of drug-likeness (QED) is 0.557. The van der Waals surface area contributed by atoms with Crippen LogP contribution in [0.25, 0.3) is 0 Å². The van der Waals surface area contributed by atoms with E-state index in [2.05, 4.69) is 10.1 Å². The maximum atomic E-state index is 13.8. The Balaban J connectivity index is 2.15. The van der Waals surface area contributed by atoms with Gasteiger partial charge in [0.15, 0.2) is 0 Å². The molecule has 2 rings (SSSR count). The van der Waals surface area contributed by atoms with Crippen LogP contribution in [0.1, 0.15) is 5.56 Å². The van der Waals surface area contributed by atoms with Gasteiger partial charge in [-0.2, -0.15) is 13.2 Å². The zero-order chi connectivity index (χ0) is 20.6. The minimum atomic E-state index is -5.29. The maximum Gasteiger partial charge on any atom is 0.460 e. The molecule has 2 amide bonds. The van der Waals surface area contributed by atoms with Crippen LogP contribution >= 0.6 is 0 Å². The molecular weight excluding hydrogens is 377 g/mol. The van der Waals surface area contributed by atoms with Crippen LogP contribution < -0.4 is 15.4 Å². The van der Waals surface area contributed by atoms with Gasteiger partial charge in [-0.15, -0.1) is 0 Å². The number of rotatable bonds is 7. The fourth-order valence-electron chi connectivity index (χ4n) is 2.34. The smallest absolute Gasteiger partial charge is 0.460 e. The largest absolute Gasteiger partial charge is 0.464 e. The third-order valence-electron chi connectivity index (χ3n) is 3.72. The second kappa shape index (κ2) is 9.12. The molecule has 0 aliphatic heterocycles. The van der Waals surface area contributed by atoms with Gasteiger partial charge in [0.1, 0.15) is 5.75 Å². The lowest BCUT2D eigenvalue weighted by molar-refractivity contribution is -0.258. The van der Waals surface area contributed by atoms with Crippen LogP contribution in [0.5, 0.6) is 5.75 Å². The molecule has 0 aliphatic rings. The summed E-state index contributed by atoms with van der Waals surface area (Å²) < 4.78 is 50.5. The van der Waals surface area contributed by atoms with Crippen molar-refractivity contribution < 1.29 is 32.2 Å². The van der Waals surface area contributed by atoms with Gasteiger partial charge in [-0.1, -0.05) is 48.5 Å². The van der Waals surface area contributed by atoms with Gasteiger partial charge in [0.25, 0.3) is 0 Å². The number of alkyl halides is 3. The summed E-state index contributed by atoms with van der Waals surface area (Å²) >= 11 is 0. The molecule has 28 heavy (non-hydrogen) atoms. The average Bonchev–Trinajstić information content (AvgIpc) is 2.67. The van der Waals surface area contributed by atoms with E-state index < -0.39 is 23.9 Å². The monoisotopic (exact) mass is 396 g/mol. The van der Waals surface area contributed by atoms with E-state index in [1.165, 1.54) is 24.3 Å². The molecule has 9 heteroatoms. The second-order valence-electron chi connectivity index (χ2n) is 5.70. The van der Waals surface area contributed by atoms with Crippen molar-refractivity contribution in [1.82, 2.24) is 10.6 Å². The van der Waals surface area contributed by atoms with Crippen LogP contribution in [0.4, 0.5) is 18.0 Å². The van der Waals surface area contributed by atoms with Gasteiger partial charge in [0, 0.05) is 6.54 Å². The van der Waals surface area contributed by atoms with Gasteiger partial charge in [-0.3, -0.25) is 5.32 Å². The second-order valence-corrected chi connectivity index (χ2v) is 5.70. The Bertz CT molecular complexity index is 785. The zero-order valence-corrected chi connectivity index (χ0v) is 15.0. The first-order valence-electron chi connectivity index (χ1n) is 8.27. The first-order valence-corrected chi connectivity index (χ1v) is 8.27. The van der Waals surface area contributed by atoms with E-state index in [0.717, 1.165) is 12.7 Å². The number of hydrogen-bond acceptors (Lipinski definition) is 4. The number of esters is 1. The highest BCUT2D eigenvalue weighted by Gasteiger charge is 2.66. The lowest BCUT2D eigenvalue weighted by atomic mass is 10.1. The van der Waals surface area contributed by atoms with Crippen LogP contribution in [0.2, 0.25) is 0 Å². The molecule has 0 aliphatic carbocycles. The SMILES string of the molecule is COC(=O)C(NC(=O)NCCc1ccccc1)(Oc1ccccc1)C(F)(F)F. The minimum absolute atomic E-state index is 0.0519. The lowest BCUT2D eigenvalue weighted by Crippen LogP contribution is -2.69. The summed E-state index contributed by atoms with van der Waals surface area (Å²) in [7, 11) is 0.770. The Morgan fingerprint density at radius 1 is 0.964 bits per heavy atom. The fourth-order valence-corrected chi connectivity index (χ4v) is 2.34. The highest BCUT2D eigenvalue weighted by molar-refractivity contribution is 5.87. The number of carbonyl (C=O) groups excluding carboxylic acids is 2. The van der Waals surface area contributed by atoms with Crippen molar-refractivity contribution in [2.45, 2.75) is 18.3 Å². The van der Waals surface area contributed by atoms with E-state index in [1.807, 2.05) is 18.2 Å². The number of nitrogens with one attached hydrogen (secondary N) is 2. The van der Waals surface area contributed by atoms with Gasteiger partial charge < -0.3 is 14.8 Å². The Labute approximate surface area is 159 Å². The molecule has 2 N–H and O–H groups in total. The Morgan fingerprint density at radius 2 is 1.54 bits per heavy atom. The first-order chi connectivity index (χ1) is 13.3. The summed E-state index contributed by atoms with van der Waals surface area (Å²) in [6.07, 6.45) is -4.89. The van der Waals surface area contributed by atoms with Crippen LogP contribution in [-0.2, 0) is 16.0 Å². The van der Waals surface area contributed by atoms with Crippen molar-refractivity contribution in [1.29, 1.82) is 0 Å². The molecule has 150 valence electrons. The van der Waals surface area contributed by atoms with Crippen LogP contribution in [-0.4, -0.2) is 37.6 Å². The molecule has 0 heterocycles. The fraction of sp³-hybridized carbons (Fsp3) is 0.263. The highest BCUT2D eigenvalue weighted by Crippen LogP contribution is 2.34. The molecule has 0 bridgehead atoms. The Morgan fingerprint density at radius 3 is 2.07 bits per heavy atom. The van der Waals surface area contributed by atoms with Crippen LogP contribution in [0.15, 0.2) is 60.7 Å². The number of ether oxygens (including phenoxy) is 2. The summed E-state index contributed by atoms with van der Waals surface area (Å²) in [5.74, 6) is -2.07. The molecule has 0 aromatic heterocycles. The molecule has 6 nitrogen and oxygen atoms in total. The van der Waals surface area contributed by atoms with Crippen molar-refractivity contribution in [2.75, 3.05) is 13.7 Å². The normalized spacial score (nSPS) is 13.1. The zero-order valence-electron chi connectivity index (χ0n) is 15.0. The van der Waals surface area contributed by atoms with E-state index >= 15 is 0 Å². The molecule has 0 fully saturated rings. The number of carbonyl (C=O) groups is 2. The molecule has 2 aromatic carbocycles. The molecule has 1 unspecified atom stereocenters. The average molecular weight is 396 g/mol. The predicted octanol–water partition coefficient (Wildman–Crippen LogP) is 3.04. The number of amides is 2. The van der Waals surface area contributed by atoms with Crippen molar-refractivity contribution in [3.63, 3.8) is 0 Å². The summed E-state index contributed by atoms with van der Waals surface area (Å²) in [4.78, 5) is 24.1.